The van der Waals surface area contributed by atoms with Crippen molar-refractivity contribution in [2.75, 3.05) is 11.8 Å². The number of hydrogen-bond acceptors (Lipinski definition) is 6. The second kappa shape index (κ2) is 6.64. The van der Waals surface area contributed by atoms with Crippen molar-refractivity contribution in [3.63, 3.8) is 0 Å². The number of alkyl halides is 2. The van der Waals surface area contributed by atoms with Gasteiger partial charge >= 0.3 is 6.61 Å². The predicted octanol–water partition coefficient (Wildman–Crippen LogP) is 2.85. The summed E-state index contributed by atoms with van der Waals surface area (Å²) in [7, 11) is -2.89. The molecule has 146 valence electrons. The minimum Gasteiger partial charge on any atom is -0.478 e. The average Bonchev–Trinajstić information content (AvgIpc) is 3.28. The molecule has 4 rings (SSSR count). The van der Waals surface area contributed by atoms with Crippen molar-refractivity contribution in [1.29, 1.82) is 0 Å². The molecule has 0 aliphatic rings. The molecule has 0 amide bonds. The van der Waals surface area contributed by atoms with Crippen molar-refractivity contribution in [3.05, 3.63) is 36.8 Å². The minimum atomic E-state index is -4.07. The summed E-state index contributed by atoms with van der Waals surface area (Å²) in [5.41, 5.74) is 1.40. The molecule has 0 spiro atoms. The highest BCUT2D eigenvalue weighted by atomic mass is 32.2. The molecule has 0 bridgehead atoms. The van der Waals surface area contributed by atoms with Gasteiger partial charge < -0.3 is 19.4 Å². The van der Waals surface area contributed by atoms with E-state index in [2.05, 4.69) is 29.4 Å². The zero-order valence-electron chi connectivity index (χ0n) is 14.2. The lowest BCUT2D eigenvalue weighted by Gasteiger charge is -2.10. The molecule has 0 aliphatic heterocycles. The first-order valence-corrected chi connectivity index (χ1v) is 9.33. The van der Waals surface area contributed by atoms with Crippen LogP contribution in [0.5, 0.6) is 11.6 Å². The van der Waals surface area contributed by atoms with Gasteiger partial charge in [0, 0.05) is 23.2 Å². The Morgan fingerprint density at radius 1 is 1.18 bits per heavy atom. The van der Waals surface area contributed by atoms with E-state index in [1.807, 2.05) is 6.07 Å². The second-order valence-corrected chi connectivity index (χ2v) is 7.28. The number of rotatable bonds is 6. The second-order valence-electron chi connectivity index (χ2n) is 5.63. The molecular weight excluding hydrogens is 396 g/mol. The highest BCUT2D eigenvalue weighted by Gasteiger charge is 2.23. The van der Waals surface area contributed by atoms with Crippen LogP contribution in [0.2, 0.25) is 0 Å². The van der Waals surface area contributed by atoms with Crippen LogP contribution in [0.15, 0.2) is 41.7 Å². The van der Waals surface area contributed by atoms with Crippen LogP contribution in [0.4, 0.5) is 14.7 Å². The SMILES string of the molecule is COc1nc(NS(=O)(=O)c2c[nH]c3c2ccc2cc[nH]c23)ncc1OC(F)F. The first-order valence-electron chi connectivity index (χ1n) is 7.85. The smallest absolute Gasteiger partial charge is 0.387 e. The maximum atomic E-state index is 12.8. The summed E-state index contributed by atoms with van der Waals surface area (Å²) < 4.78 is 61.6. The van der Waals surface area contributed by atoms with Crippen molar-refractivity contribution < 1.29 is 26.7 Å². The van der Waals surface area contributed by atoms with E-state index >= 15 is 0 Å². The molecule has 0 fully saturated rings. The van der Waals surface area contributed by atoms with Crippen LogP contribution in [0.25, 0.3) is 21.8 Å². The van der Waals surface area contributed by atoms with E-state index in [1.165, 1.54) is 13.3 Å². The molecule has 4 aromatic rings. The van der Waals surface area contributed by atoms with Gasteiger partial charge in [-0.3, -0.25) is 0 Å². The van der Waals surface area contributed by atoms with E-state index in [4.69, 9.17) is 4.74 Å². The highest BCUT2D eigenvalue weighted by Crippen LogP contribution is 2.30. The highest BCUT2D eigenvalue weighted by molar-refractivity contribution is 7.93. The molecule has 3 heterocycles. The van der Waals surface area contributed by atoms with Gasteiger partial charge in [0.2, 0.25) is 11.7 Å². The van der Waals surface area contributed by atoms with Crippen molar-refractivity contribution >= 4 is 37.8 Å². The number of sulfonamides is 1. The maximum Gasteiger partial charge on any atom is 0.387 e. The summed E-state index contributed by atoms with van der Waals surface area (Å²) >= 11 is 0. The first-order chi connectivity index (χ1) is 13.4. The molecule has 0 unspecified atom stereocenters. The topological polar surface area (TPSA) is 122 Å². The van der Waals surface area contributed by atoms with E-state index < -0.39 is 22.4 Å². The summed E-state index contributed by atoms with van der Waals surface area (Å²) in [5.74, 6) is -1.10. The summed E-state index contributed by atoms with van der Waals surface area (Å²) in [6, 6.07) is 5.33. The van der Waals surface area contributed by atoms with E-state index in [1.54, 1.807) is 18.3 Å². The molecular formula is C16H13F2N5O4S. The van der Waals surface area contributed by atoms with Crippen LogP contribution in [0, 0.1) is 0 Å². The molecule has 0 saturated carbocycles. The Hall–Kier alpha value is -3.41. The Balaban J connectivity index is 1.70. The molecule has 0 saturated heterocycles. The van der Waals surface area contributed by atoms with Gasteiger partial charge in [-0.2, -0.15) is 13.8 Å². The molecule has 0 aliphatic carbocycles. The number of halogens is 2. The average molecular weight is 409 g/mol. The van der Waals surface area contributed by atoms with Gasteiger partial charge in [-0.15, -0.1) is 0 Å². The summed E-state index contributed by atoms with van der Waals surface area (Å²) in [4.78, 5) is 13.4. The third-order valence-corrected chi connectivity index (χ3v) is 5.36. The van der Waals surface area contributed by atoms with Crippen molar-refractivity contribution in [2.24, 2.45) is 0 Å². The van der Waals surface area contributed by atoms with Crippen molar-refractivity contribution in [3.8, 4) is 11.6 Å². The Kier molecular flexibility index (Phi) is 4.26. The maximum absolute atomic E-state index is 12.8. The van der Waals surface area contributed by atoms with Gasteiger partial charge in [0.15, 0.2) is 0 Å². The molecule has 3 aromatic heterocycles. The van der Waals surface area contributed by atoms with Gasteiger partial charge in [0.05, 0.1) is 24.3 Å². The fraction of sp³-hybridized carbons (Fsp3) is 0.125. The van der Waals surface area contributed by atoms with Crippen molar-refractivity contribution in [1.82, 2.24) is 19.9 Å². The molecule has 0 atom stereocenters. The molecule has 3 N–H and O–H groups in total. The van der Waals surface area contributed by atoms with Gasteiger partial charge in [0.1, 0.15) is 4.90 Å². The van der Waals surface area contributed by atoms with Gasteiger partial charge in [0.25, 0.3) is 15.9 Å². The zero-order chi connectivity index (χ0) is 19.9. The number of fused-ring (bicyclic) bond motifs is 3. The van der Waals surface area contributed by atoms with Gasteiger partial charge in [-0.05, 0) is 6.07 Å². The van der Waals surface area contributed by atoms with Crippen LogP contribution in [-0.2, 0) is 10.0 Å². The summed E-state index contributed by atoms with van der Waals surface area (Å²) in [5, 5.41) is 1.39. The van der Waals surface area contributed by atoms with Crippen LogP contribution in [0.1, 0.15) is 0 Å². The van der Waals surface area contributed by atoms with E-state index in [0.717, 1.165) is 17.1 Å². The van der Waals surface area contributed by atoms with E-state index in [-0.39, 0.29) is 16.7 Å². The van der Waals surface area contributed by atoms with Gasteiger partial charge in [-0.1, -0.05) is 12.1 Å². The molecule has 28 heavy (non-hydrogen) atoms. The first kappa shape index (κ1) is 18.0. The van der Waals surface area contributed by atoms with Gasteiger partial charge in [-0.25, -0.2) is 18.1 Å². The Morgan fingerprint density at radius 3 is 2.75 bits per heavy atom. The third kappa shape index (κ3) is 3.07. The number of methoxy groups -OCH3 is 1. The Morgan fingerprint density at radius 2 is 2.00 bits per heavy atom. The number of aromatic nitrogens is 4. The predicted molar refractivity (Wildman–Crippen MR) is 96.2 cm³/mol. The van der Waals surface area contributed by atoms with E-state index in [9.17, 15) is 17.2 Å². The largest absolute Gasteiger partial charge is 0.478 e. The van der Waals surface area contributed by atoms with Crippen LogP contribution >= 0.6 is 0 Å². The monoisotopic (exact) mass is 409 g/mol. The Bertz CT molecular complexity index is 1270. The fourth-order valence-corrected chi connectivity index (χ4v) is 3.95. The molecule has 12 heteroatoms. The fourth-order valence-electron chi connectivity index (χ4n) is 2.82. The number of aromatic amines is 2. The van der Waals surface area contributed by atoms with E-state index in [0.29, 0.717) is 10.9 Å². The Labute approximate surface area is 156 Å². The third-order valence-electron chi connectivity index (χ3n) is 3.99. The van der Waals surface area contributed by atoms with Crippen LogP contribution < -0.4 is 14.2 Å². The normalized spacial score (nSPS) is 12.0. The standard InChI is InChI=1S/C16H13F2N5O4S/c1-26-14-10(27-15(17)18)6-21-16(22-14)23-28(24,25)11-7-20-13-9(11)3-2-8-4-5-19-12(8)13/h2-7,15,19-20H,1H3,(H,21,22,23). The number of benzene rings is 1. The van der Waals surface area contributed by atoms with Crippen LogP contribution in [0.3, 0.4) is 0 Å². The summed E-state index contributed by atoms with van der Waals surface area (Å²) in [6.07, 6.45) is 3.99. The number of anilines is 1. The number of ether oxygens (including phenoxy) is 2. The number of hydrogen-bond donors (Lipinski definition) is 3. The lowest BCUT2D eigenvalue weighted by molar-refractivity contribution is -0.0518. The molecule has 1 aromatic carbocycles. The number of nitrogens with one attached hydrogen (secondary N) is 3. The molecule has 9 nitrogen and oxygen atoms in total. The lowest BCUT2D eigenvalue weighted by Crippen LogP contribution is -2.15. The number of nitrogens with zero attached hydrogens (tertiary/aromatic N) is 2. The van der Waals surface area contributed by atoms with Crippen LogP contribution in [-0.4, -0.2) is 42.1 Å². The quantitative estimate of drug-likeness (QED) is 0.450. The summed E-state index contributed by atoms with van der Waals surface area (Å²) in [6.45, 7) is -3.10. The molecule has 0 radical (unpaired) electrons. The lowest BCUT2D eigenvalue weighted by atomic mass is 10.2. The number of H-pyrrole nitrogens is 2. The zero-order valence-corrected chi connectivity index (χ0v) is 15.0. The van der Waals surface area contributed by atoms with Crippen molar-refractivity contribution in [2.45, 2.75) is 11.5 Å². The minimum absolute atomic E-state index is 0.0190.